The topological polar surface area (TPSA) is 51.6 Å². The van der Waals surface area contributed by atoms with Crippen molar-refractivity contribution in [2.75, 3.05) is 7.11 Å². The van der Waals surface area contributed by atoms with Crippen LogP contribution >= 0.6 is 0 Å². The number of aliphatic hydroxyl groups excluding tert-OH is 1. The molecule has 0 aliphatic heterocycles. The summed E-state index contributed by atoms with van der Waals surface area (Å²) in [5, 5.41) is 9.72. The maximum absolute atomic E-state index is 9.72. The summed E-state index contributed by atoms with van der Waals surface area (Å²) in [4.78, 5) is 4.24. The van der Waals surface area contributed by atoms with Crippen molar-refractivity contribution in [1.82, 2.24) is 4.98 Å². The highest BCUT2D eigenvalue weighted by Crippen LogP contribution is 2.82. The van der Waals surface area contributed by atoms with Gasteiger partial charge in [-0.2, -0.15) is 0 Å². The number of methoxy groups -OCH3 is 1. The van der Waals surface area contributed by atoms with Crippen LogP contribution in [0.5, 0.6) is 5.75 Å². The van der Waals surface area contributed by atoms with E-state index in [0.29, 0.717) is 28.3 Å². The fraction of sp³-hybridized carbons (Fsp3) is 0.821. The van der Waals surface area contributed by atoms with Crippen molar-refractivity contribution in [3.05, 3.63) is 24.0 Å². The summed E-state index contributed by atoms with van der Waals surface area (Å²) in [5.41, 5.74) is 2.17. The van der Waals surface area contributed by atoms with Crippen LogP contribution in [0.15, 0.2) is 18.5 Å². The lowest BCUT2D eigenvalue weighted by Gasteiger charge is -2.61. The van der Waals surface area contributed by atoms with Gasteiger partial charge in [0, 0.05) is 30.2 Å². The van der Waals surface area contributed by atoms with E-state index in [4.69, 9.17) is 9.47 Å². The van der Waals surface area contributed by atoms with Gasteiger partial charge < -0.3 is 14.6 Å². The van der Waals surface area contributed by atoms with E-state index in [1.807, 2.05) is 13.2 Å². The van der Waals surface area contributed by atoms with Crippen molar-refractivity contribution in [2.24, 2.45) is 45.8 Å². The van der Waals surface area contributed by atoms with Gasteiger partial charge in [0.1, 0.15) is 5.75 Å². The van der Waals surface area contributed by atoms with E-state index in [2.05, 4.69) is 25.8 Å². The molecule has 0 amide bonds. The lowest BCUT2D eigenvalue weighted by molar-refractivity contribution is -0.162. The van der Waals surface area contributed by atoms with E-state index in [0.717, 1.165) is 35.0 Å². The van der Waals surface area contributed by atoms with Crippen molar-refractivity contribution in [2.45, 2.75) is 91.0 Å². The van der Waals surface area contributed by atoms with Gasteiger partial charge in [0.2, 0.25) is 0 Å². The molecule has 1 spiro atoms. The summed E-state index contributed by atoms with van der Waals surface area (Å²) in [6.45, 7) is 7.48. The Bertz CT molecular complexity index is 889. The summed E-state index contributed by atoms with van der Waals surface area (Å²) in [5.74, 6) is 4.72. The molecular weight excluding hydrogens is 398 g/mol. The Morgan fingerprint density at radius 2 is 2.00 bits per heavy atom. The van der Waals surface area contributed by atoms with Crippen LogP contribution in [0.25, 0.3) is 0 Å². The van der Waals surface area contributed by atoms with Crippen molar-refractivity contribution < 1.29 is 14.6 Å². The lowest BCUT2D eigenvalue weighted by atomic mass is 9.45. The normalized spacial score (nSPS) is 49.5. The lowest BCUT2D eigenvalue weighted by Crippen LogP contribution is -2.57. The van der Waals surface area contributed by atoms with Gasteiger partial charge in [-0.3, -0.25) is 4.98 Å². The first kappa shape index (κ1) is 21.4. The standard InChI is InChI=1S/C28H41NO3/c1-17(32-24-15-29-12-9-18(24)16-30)21-5-6-22-20-13-25(31-4)28-14-19(28)7-11-27(28,3)23(20)8-10-26(21,22)2/h9,12,15,17,19-23,25,30H,5-8,10-11,13-14,16H2,1-4H3/t17?,19-,20+,21-,22+,23+,25?,26-,27-,28-/m1/s1. The Hall–Kier alpha value is -1.13. The molecule has 1 aromatic heterocycles. The molecule has 5 fully saturated rings. The third-order valence-electron chi connectivity index (χ3n) is 11.8. The van der Waals surface area contributed by atoms with Gasteiger partial charge in [0.25, 0.3) is 0 Å². The van der Waals surface area contributed by atoms with Crippen LogP contribution in [-0.4, -0.2) is 29.4 Å². The summed E-state index contributed by atoms with van der Waals surface area (Å²) < 4.78 is 12.7. The zero-order valence-electron chi connectivity index (χ0n) is 20.3. The molecule has 5 saturated carbocycles. The van der Waals surface area contributed by atoms with Gasteiger partial charge in [-0.1, -0.05) is 13.8 Å². The molecule has 32 heavy (non-hydrogen) atoms. The fourth-order valence-corrected chi connectivity index (χ4v) is 10.3. The Balaban J connectivity index is 1.26. The molecule has 0 saturated heterocycles. The molecule has 1 heterocycles. The zero-order chi connectivity index (χ0) is 22.3. The Labute approximate surface area is 193 Å². The number of hydrogen-bond donors (Lipinski definition) is 1. The number of aromatic nitrogens is 1. The highest BCUT2D eigenvalue weighted by molar-refractivity contribution is 5.30. The highest BCUT2D eigenvalue weighted by atomic mass is 16.5. The molecular formula is C28H41NO3. The van der Waals surface area contributed by atoms with Gasteiger partial charge in [0.15, 0.2) is 0 Å². The van der Waals surface area contributed by atoms with Gasteiger partial charge in [0.05, 0.1) is 25.0 Å². The molecule has 5 aliphatic rings. The van der Waals surface area contributed by atoms with E-state index >= 15 is 0 Å². The van der Waals surface area contributed by atoms with Crippen LogP contribution in [0.3, 0.4) is 0 Å². The zero-order valence-corrected chi connectivity index (χ0v) is 20.3. The van der Waals surface area contributed by atoms with Crippen LogP contribution in [0, 0.1) is 45.8 Å². The maximum atomic E-state index is 9.72. The first-order valence-electron chi connectivity index (χ1n) is 13.1. The average Bonchev–Trinajstić information content (AvgIpc) is 3.30. The van der Waals surface area contributed by atoms with Crippen LogP contribution < -0.4 is 4.74 Å². The van der Waals surface area contributed by atoms with Crippen LogP contribution in [0.2, 0.25) is 0 Å². The third kappa shape index (κ3) is 2.60. The second kappa shape index (κ2) is 7.18. The number of hydrogen-bond acceptors (Lipinski definition) is 4. The minimum atomic E-state index is -0.00137. The Kier molecular flexibility index (Phi) is 4.81. The summed E-state index contributed by atoms with van der Waals surface area (Å²) in [6.07, 6.45) is 15.0. The third-order valence-corrected chi connectivity index (χ3v) is 11.8. The predicted molar refractivity (Wildman–Crippen MR) is 124 cm³/mol. The minimum Gasteiger partial charge on any atom is -0.488 e. The van der Waals surface area contributed by atoms with Crippen LogP contribution in [-0.2, 0) is 11.3 Å². The average molecular weight is 440 g/mol. The number of nitrogens with zero attached hydrogens (tertiary/aromatic N) is 1. The van der Waals surface area contributed by atoms with Gasteiger partial charge in [-0.25, -0.2) is 0 Å². The predicted octanol–water partition coefficient (Wildman–Crippen LogP) is 5.63. The van der Waals surface area contributed by atoms with Gasteiger partial charge in [-0.15, -0.1) is 0 Å². The number of pyridine rings is 1. The van der Waals surface area contributed by atoms with E-state index in [9.17, 15) is 5.11 Å². The van der Waals surface area contributed by atoms with E-state index < -0.39 is 0 Å². The summed E-state index contributed by atoms with van der Waals surface area (Å²) in [7, 11) is 1.98. The molecule has 1 aromatic rings. The number of aliphatic hydroxyl groups is 1. The van der Waals surface area contributed by atoms with Crippen LogP contribution in [0.1, 0.15) is 77.7 Å². The number of ether oxygens (including phenoxy) is 2. The minimum absolute atomic E-state index is 0.00137. The molecule has 10 atom stereocenters. The second-order valence-electron chi connectivity index (χ2n) is 12.4. The monoisotopic (exact) mass is 439 g/mol. The fourth-order valence-electron chi connectivity index (χ4n) is 10.3. The van der Waals surface area contributed by atoms with Gasteiger partial charge in [-0.05, 0) is 98.9 Å². The van der Waals surface area contributed by atoms with Gasteiger partial charge >= 0.3 is 0 Å². The Morgan fingerprint density at radius 3 is 2.75 bits per heavy atom. The summed E-state index contributed by atoms with van der Waals surface area (Å²) >= 11 is 0. The smallest absolute Gasteiger partial charge is 0.143 e. The molecule has 176 valence electrons. The van der Waals surface area contributed by atoms with Crippen molar-refractivity contribution in [1.29, 1.82) is 0 Å². The molecule has 4 heteroatoms. The van der Waals surface area contributed by atoms with E-state index in [-0.39, 0.29) is 12.7 Å². The Morgan fingerprint density at radius 1 is 1.16 bits per heavy atom. The van der Waals surface area contributed by atoms with Crippen molar-refractivity contribution in [3.8, 4) is 5.75 Å². The number of fused-ring (bicyclic) bond motifs is 4. The molecule has 6 rings (SSSR count). The quantitative estimate of drug-likeness (QED) is 0.646. The molecule has 1 N–H and O–H groups in total. The first-order chi connectivity index (χ1) is 15.4. The van der Waals surface area contributed by atoms with E-state index in [1.165, 1.54) is 51.4 Å². The first-order valence-corrected chi connectivity index (χ1v) is 13.1. The highest BCUT2D eigenvalue weighted by Gasteiger charge is 2.77. The molecule has 2 unspecified atom stereocenters. The van der Waals surface area contributed by atoms with Crippen molar-refractivity contribution in [3.63, 3.8) is 0 Å². The van der Waals surface area contributed by atoms with Crippen LogP contribution in [0.4, 0.5) is 0 Å². The maximum Gasteiger partial charge on any atom is 0.143 e. The van der Waals surface area contributed by atoms with E-state index in [1.54, 1.807) is 12.4 Å². The SMILES string of the molecule is COC1C[C@H]2[C@@H]3CC[C@H](C(C)Oc4cnccc4CO)[C@@]3(C)CC[C@@H]2[C@@]2(C)CC[C@@H]3C[C@]132. The molecule has 0 aromatic carbocycles. The second-order valence-corrected chi connectivity index (χ2v) is 12.4. The number of rotatable bonds is 5. The molecule has 5 aliphatic carbocycles. The molecule has 4 nitrogen and oxygen atoms in total. The molecule has 0 bridgehead atoms. The summed E-state index contributed by atoms with van der Waals surface area (Å²) in [6, 6.07) is 1.86. The molecule has 0 radical (unpaired) electrons. The largest absolute Gasteiger partial charge is 0.488 e. The van der Waals surface area contributed by atoms with Crippen molar-refractivity contribution >= 4 is 0 Å².